The smallest absolute Gasteiger partial charge is 0.0948 e. The molecule has 0 heterocycles. The third kappa shape index (κ3) is 9.19. The molecule has 0 saturated heterocycles. The lowest BCUT2D eigenvalue weighted by atomic mass is 9.85. The van der Waals surface area contributed by atoms with E-state index in [0.29, 0.717) is 29.8 Å². The van der Waals surface area contributed by atoms with Crippen LogP contribution in [0.25, 0.3) is 0 Å². The van der Waals surface area contributed by atoms with Gasteiger partial charge < -0.3 is 14.1 Å². The van der Waals surface area contributed by atoms with Crippen molar-refractivity contribution in [3.05, 3.63) is 35.4 Å². The Morgan fingerprint density at radius 2 is 1.56 bits per heavy atom. The molecular weight excluding hydrogens is 362 g/mol. The van der Waals surface area contributed by atoms with Gasteiger partial charge in [0.15, 0.2) is 0 Å². The van der Waals surface area contributed by atoms with Crippen LogP contribution in [0.3, 0.4) is 0 Å². The van der Waals surface area contributed by atoms with Crippen LogP contribution in [0.4, 0.5) is 0 Å². The van der Waals surface area contributed by atoms with Crippen LogP contribution in [0.5, 0.6) is 0 Å². The van der Waals surface area contributed by atoms with Crippen LogP contribution in [0.2, 0.25) is 0 Å². The fourth-order valence-electron chi connectivity index (χ4n) is 3.75. The van der Waals surface area contributed by atoms with E-state index in [4.69, 9.17) is 0 Å². The third-order valence-electron chi connectivity index (χ3n) is 5.23. The van der Waals surface area contributed by atoms with Gasteiger partial charge in [-0.3, -0.25) is 0 Å². The van der Waals surface area contributed by atoms with Crippen molar-refractivity contribution in [3.8, 4) is 0 Å². The van der Waals surface area contributed by atoms with Gasteiger partial charge in [-0.2, -0.15) is 0 Å². The molecule has 1 unspecified atom stereocenters. The van der Waals surface area contributed by atoms with Crippen LogP contribution in [0.1, 0.15) is 75.5 Å². The summed E-state index contributed by atoms with van der Waals surface area (Å²) in [6.07, 6.45) is 4.94. The lowest BCUT2D eigenvalue weighted by Crippen LogP contribution is -2.42. The quantitative estimate of drug-likeness (QED) is 0.404. The van der Waals surface area contributed by atoms with Crippen molar-refractivity contribution in [1.82, 2.24) is 0 Å². The van der Waals surface area contributed by atoms with Crippen molar-refractivity contribution >= 4 is 10.1 Å². The largest absolute Gasteiger partial charge is 0.748 e. The van der Waals surface area contributed by atoms with E-state index < -0.39 is 16.2 Å². The number of hydrogen-bond acceptors (Lipinski definition) is 4. The zero-order valence-electron chi connectivity index (χ0n) is 17.4. The predicted octanol–water partition coefficient (Wildman–Crippen LogP) is 3.81. The van der Waals surface area contributed by atoms with E-state index in [1.54, 1.807) is 0 Å². The molecule has 6 heteroatoms. The van der Waals surface area contributed by atoms with Gasteiger partial charge in [-0.05, 0) is 29.9 Å². The second kappa shape index (κ2) is 11.1. The lowest BCUT2D eigenvalue weighted by Gasteiger charge is -2.31. The fourth-order valence-corrected chi connectivity index (χ4v) is 4.23. The summed E-state index contributed by atoms with van der Waals surface area (Å²) < 4.78 is 32.9. The van der Waals surface area contributed by atoms with Crippen LogP contribution in [0.15, 0.2) is 24.3 Å². The minimum atomic E-state index is -4.16. The van der Waals surface area contributed by atoms with Gasteiger partial charge in [-0.15, -0.1) is 0 Å². The van der Waals surface area contributed by atoms with Gasteiger partial charge in [-0.1, -0.05) is 51.0 Å². The van der Waals surface area contributed by atoms with Gasteiger partial charge in [0.1, 0.15) is 0 Å². The molecule has 0 aliphatic carbocycles. The average molecular weight is 400 g/mol. The van der Waals surface area contributed by atoms with Gasteiger partial charge in [0.25, 0.3) is 0 Å². The maximum absolute atomic E-state index is 10.8. The lowest BCUT2D eigenvalue weighted by molar-refractivity contribution is -0.890. The molecule has 0 spiro atoms. The second-order valence-electron chi connectivity index (χ2n) is 8.21. The van der Waals surface area contributed by atoms with Crippen molar-refractivity contribution < 1.29 is 22.6 Å². The summed E-state index contributed by atoms with van der Waals surface area (Å²) in [7, 11) is -0.142. The number of aliphatic hydroxyl groups is 1. The fraction of sp³-hybridized carbons (Fsp3) is 0.714. The number of benzene rings is 1. The highest BCUT2D eigenvalue weighted by molar-refractivity contribution is 7.85. The first kappa shape index (κ1) is 24.1. The highest BCUT2D eigenvalue weighted by Gasteiger charge is 2.22. The standard InChI is InChI=1S/C21H37NO4S/c1-5-10-18(11-6-2)19-12-7-8-13-20(19)21(23)14-16-22(3,4)15-9-17-27(24,25)26/h7-8,12-13,18,21,23H,5-6,9-11,14-17H2,1-4H3. The Labute approximate surface area is 165 Å². The van der Waals surface area contributed by atoms with Crippen LogP contribution in [0, 0.1) is 0 Å². The number of quaternary nitrogens is 1. The normalized spacial score (nSPS) is 13.9. The zero-order chi connectivity index (χ0) is 20.5. The maximum Gasteiger partial charge on any atom is 0.0948 e. The number of aliphatic hydroxyl groups excluding tert-OH is 1. The van der Waals surface area contributed by atoms with Crippen LogP contribution < -0.4 is 0 Å². The first-order valence-electron chi connectivity index (χ1n) is 10.1. The van der Waals surface area contributed by atoms with Crippen molar-refractivity contribution in [2.45, 2.75) is 64.4 Å². The molecule has 0 amide bonds. The molecule has 1 N–H and O–H groups in total. The topological polar surface area (TPSA) is 77.4 Å². The van der Waals surface area contributed by atoms with E-state index in [1.807, 2.05) is 32.3 Å². The zero-order valence-corrected chi connectivity index (χ0v) is 18.2. The molecule has 1 atom stereocenters. The molecule has 5 nitrogen and oxygen atoms in total. The Morgan fingerprint density at radius 1 is 1.00 bits per heavy atom. The van der Waals surface area contributed by atoms with Gasteiger partial charge in [0.05, 0.1) is 43.4 Å². The van der Waals surface area contributed by atoms with Crippen molar-refractivity contribution in [3.63, 3.8) is 0 Å². The summed E-state index contributed by atoms with van der Waals surface area (Å²) in [5.41, 5.74) is 2.28. The molecule has 1 aromatic rings. The Hall–Kier alpha value is -0.950. The molecule has 0 bridgehead atoms. The summed E-state index contributed by atoms with van der Waals surface area (Å²) in [6, 6.07) is 8.21. The van der Waals surface area contributed by atoms with Crippen LogP contribution in [-0.4, -0.2) is 55.5 Å². The molecular formula is C21H37NO4S. The summed E-state index contributed by atoms with van der Waals surface area (Å²) in [6.45, 7) is 5.72. The van der Waals surface area contributed by atoms with E-state index in [9.17, 15) is 18.1 Å². The highest BCUT2D eigenvalue weighted by atomic mass is 32.2. The minimum Gasteiger partial charge on any atom is -0.748 e. The van der Waals surface area contributed by atoms with Gasteiger partial charge in [0, 0.05) is 18.6 Å². The summed E-state index contributed by atoms with van der Waals surface area (Å²) >= 11 is 0. The second-order valence-corrected chi connectivity index (χ2v) is 9.73. The van der Waals surface area contributed by atoms with Crippen LogP contribution >= 0.6 is 0 Å². The van der Waals surface area contributed by atoms with Crippen LogP contribution in [-0.2, 0) is 10.1 Å². The van der Waals surface area contributed by atoms with Gasteiger partial charge in [0.2, 0.25) is 0 Å². The van der Waals surface area contributed by atoms with Crippen molar-refractivity contribution in [1.29, 1.82) is 0 Å². The Balaban J connectivity index is 2.75. The Kier molecular flexibility index (Phi) is 9.95. The SMILES string of the molecule is CCCC(CCC)c1ccccc1C(O)CC[N+](C)(C)CCCS(=O)(=O)[O-]. The van der Waals surface area contributed by atoms with E-state index in [0.717, 1.165) is 37.8 Å². The number of rotatable bonds is 13. The van der Waals surface area contributed by atoms with Gasteiger partial charge >= 0.3 is 0 Å². The van der Waals surface area contributed by atoms with E-state index >= 15 is 0 Å². The molecule has 0 saturated carbocycles. The summed E-state index contributed by atoms with van der Waals surface area (Å²) in [5.74, 6) is 0.158. The Bertz CT molecular complexity index is 652. The molecule has 0 aromatic heterocycles. The molecule has 0 aliphatic heterocycles. The molecule has 1 aromatic carbocycles. The molecule has 1 rings (SSSR count). The number of hydrogen-bond donors (Lipinski definition) is 1. The predicted molar refractivity (Wildman–Crippen MR) is 110 cm³/mol. The summed E-state index contributed by atoms with van der Waals surface area (Å²) in [5, 5.41) is 10.8. The van der Waals surface area contributed by atoms with E-state index in [-0.39, 0.29) is 5.75 Å². The first-order chi connectivity index (χ1) is 12.6. The Morgan fingerprint density at radius 3 is 2.07 bits per heavy atom. The van der Waals surface area contributed by atoms with Crippen molar-refractivity contribution in [2.75, 3.05) is 32.9 Å². The molecule has 0 fully saturated rings. The molecule has 0 aliphatic rings. The highest BCUT2D eigenvalue weighted by Crippen LogP contribution is 2.33. The molecule has 0 radical (unpaired) electrons. The summed E-state index contributed by atoms with van der Waals surface area (Å²) in [4.78, 5) is 0. The van der Waals surface area contributed by atoms with E-state index in [2.05, 4.69) is 19.9 Å². The van der Waals surface area contributed by atoms with E-state index in [1.165, 1.54) is 5.56 Å². The maximum atomic E-state index is 10.8. The van der Waals surface area contributed by atoms with Crippen molar-refractivity contribution in [2.24, 2.45) is 0 Å². The van der Waals surface area contributed by atoms with Gasteiger partial charge in [-0.25, -0.2) is 8.42 Å². The first-order valence-corrected chi connectivity index (χ1v) is 11.7. The third-order valence-corrected chi connectivity index (χ3v) is 6.02. The molecule has 27 heavy (non-hydrogen) atoms. The minimum absolute atomic E-state index is 0.324. The molecule has 156 valence electrons. The monoisotopic (exact) mass is 399 g/mol. The average Bonchev–Trinajstić information content (AvgIpc) is 2.58. The number of nitrogens with zero attached hydrogens (tertiary/aromatic N) is 1.